The van der Waals surface area contributed by atoms with Gasteiger partial charge in [-0.1, -0.05) is 24.3 Å². The van der Waals surface area contributed by atoms with E-state index in [-0.39, 0.29) is 23.8 Å². The van der Waals surface area contributed by atoms with Crippen molar-refractivity contribution in [2.45, 2.75) is 31.0 Å². The lowest BCUT2D eigenvalue weighted by Crippen LogP contribution is -2.36. The molecule has 3 aromatic rings. The third-order valence-corrected chi connectivity index (χ3v) is 6.32. The Hall–Kier alpha value is -3.23. The summed E-state index contributed by atoms with van der Waals surface area (Å²) in [5, 5.41) is 13.6. The molecule has 5 rings (SSSR count). The van der Waals surface area contributed by atoms with Crippen molar-refractivity contribution in [1.82, 2.24) is 15.2 Å². The van der Waals surface area contributed by atoms with E-state index in [4.69, 9.17) is 21.4 Å². The minimum atomic E-state index is -0.992. The van der Waals surface area contributed by atoms with Gasteiger partial charge >= 0.3 is 5.97 Å². The molecule has 3 atom stereocenters. The number of carbonyl (C=O) groups is 1. The van der Waals surface area contributed by atoms with Gasteiger partial charge in [-0.2, -0.15) is 0 Å². The van der Waals surface area contributed by atoms with Crippen LogP contribution in [-0.4, -0.2) is 45.3 Å². The van der Waals surface area contributed by atoms with Crippen molar-refractivity contribution in [3.05, 3.63) is 77.8 Å². The summed E-state index contributed by atoms with van der Waals surface area (Å²) in [5.74, 6) is 0.211. The highest BCUT2D eigenvalue weighted by molar-refractivity contribution is 7.80. The Balaban J connectivity index is 1.53. The van der Waals surface area contributed by atoms with Crippen molar-refractivity contribution >= 4 is 23.3 Å². The molecule has 2 aliphatic heterocycles. The molecule has 2 fully saturated rings. The predicted molar refractivity (Wildman–Crippen MR) is 122 cm³/mol. The molecule has 2 aliphatic rings. The molecule has 2 aromatic heterocycles. The van der Waals surface area contributed by atoms with Crippen LogP contribution < -0.4 is 5.32 Å². The van der Waals surface area contributed by atoms with Gasteiger partial charge in [-0.25, -0.2) is 4.79 Å². The molecular weight excluding hydrogens is 426 g/mol. The Labute approximate surface area is 191 Å². The Kier molecular flexibility index (Phi) is 5.63. The van der Waals surface area contributed by atoms with Crippen molar-refractivity contribution in [3.63, 3.8) is 0 Å². The average molecular weight is 450 g/mol. The van der Waals surface area contributed by atoms with Gasteiger partial charge in [0.25, 0.3) is 0 Å². The number of hydrogen-bond acceptors (Lipinski definition) is 5. The molecule has 0 amide bonds. The Morgan fingerprint density at radius 1 is 1.19 bits per heavy atom. The zero-order valence-electron chi connectivity index (χ0n) is 17.3. The molecule has 164 valence electrons. The minimum absolute atomic E-state index is 0.113. The van der Waals surface area contributed by atoms with Gasteiger partial charge in [-0.15, -0.1) is 0 Å². The van der Waals surface area contributed by atoms with E-state index in [9.17, 15) is 9.90 Å². The summed E-state index contributed by atoms with van der Waals surface area (Å²) in [6.07, 6.45) is 3.91. The first-order valence-corrected chi connectivity index (χ1v) is 11.0. The molecule has 0 unspecified atom stereocenters. The summed E-state index contributed by atoms with van der Waals surface area (Å²) in [7, 11) is 0. The second-order valence-electron chi connectivity index (χ2n) is 7.97. The molecular formula is C24H23N3O4S. The van der Waals surface area contributed by atoms with Crippen LogP contribution in [0.4, 0.5) is 0 Å². The fourth-order valence-corrected chi connectivity index (χ4v) is 4.77. The minimum Gasteiger partial charge on any atom is -0.478 e. The number of pyridine rings is 1. The summed E-state index contributed by atoms with van der Waals surface area (Å²) in [4.78, 5) is 18.3. The zero-order valence-corrected chi connectivity index (χ0v) is 18.1. The topological polar surface area (TPSA) is 87.8 Å². The van der Waals surface area contributed by atoms with E-state index in [1.54, 1.807) is 30.5 Å². The maximum atomic E-state index is 11.7. The van der Waals surface area contributed by atoms with Crippen LogP contribution >= 0.6 is 12.2 Å². The standard InChI is InChI=1S/C24H23N3O4S/c28-23(29)17-8-2-1-7-16(17)19-10-11-20(31-19)22-21(18-9-3-4-12-25-18)26-24(32)27(22)14-15-6-5-13-30-15/h1-4,7-12,15,21-22H,5-6,13-14H2,(H,26,32)(H,28,29)/t15-,21-,22-/m1/s1. The molecule has 1 aromatic carbocycles. The first kappa shape index (κ1) is 20.7. The summed E-state index contributed by atoms with van der Waals surface area (Å²) in [5.41, 5.74) is 1.60. The van der Waals surface area contributed by atoms with E-state index in [1.807, 2.05) is 30.3 Å². The van der Waals surface area contributed by atoms with Crippen LogP contribution in [0.15, 0.2) is 65.2 Å². The molecule has 4 heterocycles. The van der Waals surface area contributed by atoms with E-state index in [0.717, 1.165) is 25.1 Å². The number of rotatable bonds is 6. The fourth-order valence-electron chi connectivity index (χ4n) is 4.46. The summed E-state index contributed by atoms with van der Waals surface area (Å²) in [6, 6.07) is 15.9. The first-order chi connectivity index (χ1) is 15.6. The van der Waals surface area contributed by atoms with E-state index >= 15 is 0 Å². The van der Waals surface area contributed by atoms with Crippen molar-refractivity contribution in [1.29, 1.82) is 0 Å². The number of nitrogens with one attached hydrogen (secondary N) is 1. The number of hydrogen-bond donors (Lipinski definition) is 2. The maximum Gasteiger partial charge on any atom is 0.336 e. The molecule has 7 nitrogen and oxygen atoms in total. The number of aromatic carboxylic acids is 1. The van der Waals surface area contributed by atoms with Crippen LogP contribution in [0.3, 0.4) is 0 Å². The van der Waals surface area contributed by atoms with E-state index < -0.39 is 5.97 Å². The normalized spacial score (nSPS) is 22.8. The Bertz CT molecular complexity index is 1130. The number of aromatic nitrogens is 1. The third-order valence-electron chi connectivity index (χ3n) is 5.96. The average Bonchev–Trinajstić information content (AvgIpc) is 3.56. The van der Waals surface area contributed by atoms with Crippen molar-refractivity contribution in [2.24, 2.45) is 0 Å². The van der Waals surface area contributed by atoms with Crippen molar-refractivity contribution in [3.8, 4) is 11.3 Å². The quantitative estimate of drug-likeness (QED) is 0.542. The van der Waals surface area contributed by atoms with Crippen LogP contribution in [-0.2, 0) is 4.74 Å². The van der Waals surface area contributed by atoms with E-state index in [1.165, 1.54) is 0 Å². The largest absolute Gasteiger partial charge is 0.478 e. The highest BCUT2D eigenvalue weighted by atomic mass is 32.1. The fraction of sp³-hybridized carbons (Fsp3) is 0.292. The number of carboxylic acids is 1. The summed E-state index contributed by atoms with van der Waals surface area (Å²) in [6.45, 7) is 1.42. The predicted octanol–water partition coefficient (Wildman–Crippen LogP) is 4.19. The molecule has 0 aliphatic carbocycles. The molecule has 0 bridgehead atoms. The lowest BCUT2D eigenvalue weighted by atomic mass is 10.0. The molecule has 2 saturated heterocycles. The third kappa shape index (κ3) is 3.87. The summed E-state index contributed by atoms with van der Waals surface area (Å²) >= 11 is 5.70. The van der Waals surface area contributed by atoms with Gasteiger partial charge in [0.2, 0.25) is 0 Å². The number of benzene rings is 1. The van der Waals surface area contributed by atoms with Crippen LogP contribution in [0, 0.1) is 0 Å². The molecule has 0 spiro atoms. The van der Waals surface area contributed by atoms with Gasteiger partial charge in [-0.3, -0.25) is 4.98 Å². The van der Waals surface area contributed by atoms with Crippen molar-refractivity contribution in [2.75, 3.05) is 13.2 Å². The van der Waals surface area contributed by atoms with Crippen molar-refractivity contribution < 1.29 is 19.1 Å². The monoisotopic (exact) mass is 449 g/mol. The number of ether oxygens (including phenoxy) is 1. The smallest absolute Gasteiger partial charge is 0.336 e. The van der Waals surface area contributed by atoms with Crippen LogP contribution in [0.2, 0.25) is 0 Å². The van der Waals surface area contributed by atoms with E-state index in [0.29, 0.717) is 28.7 Å². The SMILES string of the molecule is O=C(O)c1ccccc1-c1ccc([C@@H]2[C@@H](c3ccccn3)NC(=S)N2C[C@H]2CCCO2)o1. The zero-order chi connectivity index (χ0) is 22.1. The number of nitrogens with zero attached hydrogens (tertiary/aromatic N) is 2. The number of carboxylic acid groups (broad SMARTS) is 1. The van der Waals surface area contributed by atoms with Crippen LogP contribution in [0.25, 0.3) is 11.3 Å². The Morgan fingerprint density at radius 3 is 2.78 bits per heavy atom. The molecule has 0 saturated carbocycles. The molecule has 8 heteroatoms. The van der Waals surface area contributed by atoms with Gasteiger partial charge in [-0.05, 0) is 55.4 Å². The Morgan fingerprint density at radius 2 is 2.03 bits per heavy atom. The van der Waals surface area contributed by atoms with Gasteiger partial charge in [0.1, 0.15) is 17.6 Å². The highest BCUT2D eigenvalue weighted by Crippen LogP contribution is 2.41. The lowest BCUT2D eigenvalue weighted by molar-refractivity contribution is 0.0697. The van der Waals surface area contributed by atoms with E-state index in [2.05, 4.69) is 15.2 Å². The van der Waals surface area contributed by atoms with Gasteiger partial charge in [0, 0.05) is 24.9 Å². The first-order valence-electron chi connectivity index (χ1n) is 10.6. The molecule has 32 heavy (non-hydrogen) atoms. The van der Waals surface area contributed by atoms with Gasteiger partial charge < -0.3 is 24.5 Å². The highest BCUT2D eigenvalue weighted by Gasteiger charge is 2.43. The van der Waals surface area contributed by atoms with Crippen LogP contribution in [0.5, 0.6) is 0 Å². The number of furan rings is 1. The second-order valence-corrected chi connectivity index (χ2v) is 8.35. The second kappa shape index (κ2) is 8.72. The number of thiocarbonyl (C=S) groups is 1. The maximum absolute atomic E-state index is 11.7. The molecule has 0 radical (unpaired) electrons. The lowest BCUT2D eigenvalue weighted by Gasteiger charge is -2.28. The van der Waals surface area contributed by atoms with Crippen LogP contribution in [0.1, 0.15) is 46.7 Å². The summed E-state index contributed by atoms with van der Waals surface area (Å²) < 4.78 is 12.1. The van der Waals surface area contributed by atoms with Gasteiger partial charge in [0.15, 0.2) is 5.11 Å². The van der Waals surface area contributed by atoms with Gasteiger partial charge in [0.05, 0.1) is 23.4 Å². The molecule has 2 N–H and O–H groups in total.